The van der Waals surface area contributed by atoms with Crippen LogP contribution in [0.2, 0.25) is 0 Å². The van der Waals surface area contributed by atoms with Crippen LogP contribution in [0.5, 0.6) is 0 Å². The Balaban J connectivity index is 1.77. The number of urea groups is 1. The van der Waals surface area contributed by atoms with E-state index in [-0.39, 0.29) is 5.78 Å². The van der Waals surface area contributed by atoms with Gasteiger partial charge in [0.1, 0.15) is 0 Å². The molecule has 6 nitrogen and oxygen atoms in total. The lowest BCUT2D eigenvalue weighted by Crippen LogP contribution is -2.37. The topological polar surface area (TPSA) is 74.8 Å². The monoisotopic (exact) mass is 378 g/mol. The molecule has 1 fully saturated rings. The van der Waals surface area contributed by atoms with Gasteiger partial charge in [-0.2, -0.15) is 0 Å². The van der Waals surface area contributed by atoms with Crippen molar-refractivity contribution in [2.75, 3.05) is 6.54 Å². The highest BCUT2D eigenvalue weighted by Gasteiger charge is 2.47. The molecule has 1 atom stereocenters. The largest absolute Gasteiger partial charge is 0.335 e. The van der Waals surface area contributed by atoms with Crippen molar-refractivity contribution in [3.05, 3.63) is 71.3 Å². The fraction of sp³-hybridized carbons (Fsp3) is 0.273. The van der Waals surface area contributed by atoms with Crippen molar-refractivity contribution in [1.82, 2.24) is 9.80 Å². The average molecular weight is 378 g/mol. The van der Waals surface area contributed by atoms with E-state index in [1.807, 2.05) is 32.0 Å². The van der Waals surface area contributed by atoms with E-state index in [1.54, 1.807) is 43.3 Å². The number of ketones is 1. The first-order valence-electron chi connectivity index (χ1n) is 9.18. The Kier molecular flexibility index (Phi) is 5.40. The van der Waals surface area contributed by atoms with E-state index in [2.05, 4.69) is 0 Å². The number of hydrogen-bond acceptors (Lipinski definition) is 4. The molecule has 0 radical (unpaired) electrons. The molecule has 144 valence electrons. The number of hydrogen-bond donors (Lipinski definition) is 0. The average Bonchev–Trinajstić information content (AvgIpc) is 2.91. The molecule has 28 heavy (non-hydrogen) atoms. The number of carbonyl (C=O) groups is 4. The summed E-state index contributed by atoms with van der Waals surface area (Å²) in [7, 11) is 0. The minimum atomic E-state index is -0.972. The smallest absolute Gasteiger partial charge is 0.292 e. The zero-order valence-corrected chi connectivity index (χ0v) is 16.1. The van der Waals surface area contributed by atoms with Gasteiger partial charge in [-0.1, -0.05) is 68.4 Å². The first-order chi connectivity index (χ1) is 13.3. The van der Waals surface area contributed by atoms with Gasteiger partial charge in [0, 0.05) is 5.56 Å². The summed E-state index contributed by atoms with van der Waals surface area (Å²) < 4.78 is 0. The fourth-order valence-corrected chi connectivity index (χ4v) is 3.17. The Bertz CT molecular complexity index is 919. The van der Waals surface area contributed by atoms with Crippen molar-refractivity contribution in [2.45, 2.75) is 32.7 Å². The Morgan fingerprint density at radius 1 is 0.821 bits per heavy atom. The lowest BCUT2D eigenvalue weighted by atomic mass is 10.0. The normalized spacial score (nSPS) is 15.5. The third-order valence-corrected chi connectivity index (χ3v) is 4.95. The quantitative estimate of drug-likeness (QED) is 0.438. The van der Waals surface area contributed by atoms with Crippen molar-refractivity contribution >= 4 is 23.6 Å². The van der Waals surface area contributed by atoms with E-state index in [1.165, 1.54) is 0 Å². The fourth-order valence-electron chi connectivity index (χ4n) is 3.17. The molecule has 1 heterocycles. The molecule has 0 N–H and O–H groups in total. The van der Waals surface area contributed by atoms with Gasteiger partial charge >= 0.3 is 17.8 Å². The van der Waals surface area contributed by atoms with Gasteiger partial charge in [0.15, 0.2) is 5.78 Å². The number of benzene rings is 2. The molecular weight excluding hydrogens is 356 g/mol. The Labute approximate surface area is 163 Å². The van der Waals surface area contributed by atoms with Crippen LogP contribution in [0.1, 0.15) is 54.2 Å². The van der Waals surface area contributed by atoms with Crippen molar-refractivity contribution in [3.63, 3.8) is 0 Å². The predicted octanol–water partition coefficient (Wildman–Crippen LogP) is 3.54. The van der Waals surface area contributed by atoms with E-state index in [9.17, 15) is 19.2 Å². The van der Waals surface area contributed by atoms with Crippen LogP contribution in [0.15, 0.2) is 54.6 Å². The van der Waals surface area contributed by atoms with Crippen molar-refractivity contribution in [1.29, 1.82) is 0 Å². The minimum absolute atomic E-state index is 0.330. The molecule has 1 aliphatic heterocycles. The molecule has 0 aromatic heterocycles. The van der Waals surface area contributed by atoms with Crippen LogP contribution < -0.4 is 0 Å². The highest BCUT2D eigenvalue weighted by Crippen LogP contribution is 2.26. The molecule has 6 heteroatoms. The Morgan fingerprint density at radius 3 is 2.00 bits per heavy atom. The van der Waals surface area contributed by atoms with Gasteiger partial charge in [-0.15, -0.1) is 0 Å². The highest BCUT2D eigenvalue weighted by atomic mass is 16.2. The van der Waals surface area contributed by atoms with Gasteiger partial charge in [-0.05, 0) is 24.0 Å². The van der Waals surface area contributed by atoms with E-state index in [0.717, 1.165) is 20.9 Å². The number of nitrogens with zero attached hydrogens (tertiary/aromatic N) is 2. The van der Waals surface area contributed by atoms with Gasteiger partial charge in [0.2, 0.25) is 0 Å². The summed E-state index contributed by atoms with van der Waals surface area (Å²) in [5, 5.41) is 0. The Hall–Kier alpha value is -3.28. The number of Topliss-reactive ketones (excluding diaryl/α,β-unsaturated/α-hetero) is 1. The third kappa shape index (κ3) is 3.58. The van der Waals surface area contributed by atoms with Gasteiger partial charge in [-0.25, -0.2) is 14.6 Å². The number of rotatable bonds is 6. The zero-order valence-electron chi connectivity index (χ0n) is 16.1. The van der Waals surface area contributed by atoms with Gasteiger partial charge in [0.05, 0.1) is 12.6 Å². The van der Waals surface area contributed by atoms with Crippen LogP contribution in [0.4, 0.5) is 4.79 Å². The lowest BCUT2D eigenvalue weighted by molar-refractivity contribution is -0.143. The van der Waals surface area contributed by atoms with Crippen LogP contribution in [0.25, 0.3) is 0 Å². The molecule has 2 aromatic rings. The molecule has 3 rings (SSSR count). The van der Waals surface area contributed by atoms with E-state index >= 15 is 0 Å². The maximum Gasteiger partial charge on any atom is 0.335 e. The molecule has 1 saturated heterocycles. The lowest BCUT2D eigenvalue weighted by Gasteiger charge is -2.22. The van der Waals surface area contributed by atoms with Crippen LogP contribution >= 0.6 is 0 Å². The van der Waals surface area contributed by atoms with Crippen molar-refractivity contribution < 1.29 is 19.2 Å². The van der Waals surface area contributed by atoms with Gasteiger partial charge in [-0.3, -0.25) is 14.4 Å². The van der Waals surface area contributed by atoms with Crippen LogP contribution in [0, 0.1) is 0 Å². The molecule has 1 unspecified atom stereocenters. The summed E-state index contributed by atoms with van der Waals surface area (Å²) in [6.07, 6.45) is 0. The maximum atomic E-state index is 12.7. The third-order valence-electron chi connectivity index (χ3n) is 4.95. The summed E-state index contributed by atoms with van der Waals surface area (Å²) in [6, 6.07) is 14.6. The minimum Gasteiger partial charge on any atom is -0.292 e. The highest BCUT2D eigenvalue weighted by molar-refractivity contribution is 6.45. The molecule has 4 amide bonds. The molecule has 0 aliphatic carbocycles. The standard InChI is InChI=1S/C22H22N2O4/c1-14(2)16-9-11-18(12-10-16)19(25)13-23-20(26)21(27)24(22(23)28)15(3)17-7-5-4-6-8-17/h4-12,14-15H,13H2,1-3H3. The summed E-state index contributed by atoms with van der Waals surface area (Å²) in [5.74, 6) is -1.94. The maximum absolute atomic E-state index is 12.7. The molecular formula is C22H22N2O4. The second-order valence-corrected chi connectivity index (χ2v) is 7.14. The second kappa shape index (κ2) is 7.76. The van der Waals surface area contributed by atoms with E-state index in [4.69, 9.17) is 0 Å². The summed E-state index contributed by atoms with van der Waals surface area (Å²) in [5.41, 5.74) is 2.21. The first kappa shape index (κ1) is 19.5. The van der Waals surface area contributed by atoms with Crippen LogP contribution in [0.3, 0.4) is 0 Å². The first-order valence-corrected chi connectivity index (χ1v) is 9.18. The summed E-state index contributed by atoms with van der Waals surface area (Å²) >= 11 is 0. The SMILES string of the molecule is CC(C)c1ccc(C(=O)CN2C(=O)C(=O)N(C(C)c3ccccc3)C2=O)cc1. The van der Waals surface area contributed by atoms with Gasteiger partial charge < -0.3 is 0 Å². The predicted molar refractivity (Wildman–Crippen MR) is 104 cm³/mol. The van der Waals surface area contributed by atoms with Crippen LogP contribution in [-0.2, 0) is 9.59 Å². The second-order valence-electron chi connectivity index (χ2n) is 7.14. The molecule has 1 aliphatic rings. The summed E-state index contributed by atoms with van der Waals surface area (Å²) in [6.45, 7) is 5.32. The zero-order chi connectivity index (χ0) is 20.4. The van der Waals surface area contributed by atoms with E-state index < -0.39 is 30.4 Å². The van der Waals surface area contributed by atoms with Crippen molar-refractivity contribution in [3.8, 4) is 0 Å². The Morgan fingerprint density at radius 2 is 1.43 bits per heavy atom. The van der Waals surface area contributed by atoms with E-state index in [0.29, 0.717) is 11.5 Å². The molecule has 0 saturated carbocycles. The van der Waals surface area contributed by atoms with Crippen molar-refractivity contribution in [2.24, 2.45) is 0 Å². The molecule has 2 aromatic carbocycles. The summed E-state index contributed by atoms with van der Waals surface area (Å²) in [4.78, 5) is 51.6. The number of carbonyl (C=O) groups excluding carboxylic acids is 4. The number of imide groups is 2. The van der Waals surface area contributed by atoms with Crippen LogP contribution in [-0.4, -0.2) is 40.0 Å². The van der Waals surface area contributed by atoms with Gasteiger partial charge in [0.25, 0.3) is 0 Å². The molecule has 0 bridgehead atoms. The molecule has 0 spiro atoms. The number of amides is 4.